The lowest BCUT2D eigenvalue weighted by molar-refractivity contribution is -0.149. The highest BCUT2D eigenvalue weighted by atomic mass is 35.5. The zero-order valence-corrected chi connectivity index (χ0v) is 14.9. The lowest BCUT2D eigenvalue weighted by atomic mass is 9.96. The lowest BCUT2D eigenvalue weighted by Crippen LogP contribution is -2.52. The van der Waals surface area contributed by atoms with Gasteiger partial charge >= 0.3 is 0 Å². The van der Waals surface area contributed by atoms with Gasteiger partial charge in [0.05, 0.1) is 25.1 Å². The summed E-state index contributed by atoms with van der Waals surface area (Å²) in [5, 5.41) is 4.02. The van der Waals surface area contributed by atoms with Gasteiger partial charge in [0.1, 0.15) is 6.10 Å². The Balaban J connectivity index is 0.00000192. The van der Waals surface area contributed by atoms with Crippen LogP contribution in [0.3, 0.4) is 0 Å². The number of piperidine rings is 1. The van der Waals surface area contributed by atoms with E-state index in [0.29, 0.717) is 18.2 Å². The molecule has 4 nitrogen and oxygen atoms in total. The molecule has 2 aliphatic heterocycles. The first kappa shape index (κ1) is 18.5. The number of hydrogen-bond acceptors (Lipinski definition) is 3. The number of hydrogen-bond donors (Lipinski definition) is 1. The molecule has 3 unspecified atom stereocenters. The van der Waals surface area contributed by atoms with Crippen LogP contribution in [-0.4, -0.2) is 43.1 Å². The maximum Gasteiger partial charge on any atom is 0.227 e. The van der Waals surface area contributed by atoms with Gasteiger partial charge in [-0.25, -0.2) is 0 Å². The predicted octanol–water partition coefficient (Wildman–Crippen LogP) is 3.05. The Hall–Kier alpha value is -0.810. The maximum atomic E-state index is 12.8. The average molecular weight is 359 g/mol. The molecular weight excluding hydrogens is 335 g/mol. The van der Waals surface area contributed by atoms with E-state index in [0.717, 1.165) is 31.5 Å². The number of carbonyl (C=O) groups is 1. The van der Waals surface area contributed by atoms with Crippen LogP contribution < -0.4 is 5.32 Å². The third-order valence-electron chi connectivity index (χ3n) is 4.61. The molecule has 0 aromatic heterocycles. The normalized spacial score (nSPS) is 28.1. The van der Waals surface area contributed by atoms with Gasteiger partial charge in [0.2, 0.25) is 5.91 Å². The Bertz CT molecular complexity index is 535. The molecule has 2 heterocycles. The lowest BCUT2D eigenvalue weighted by Gasteiger charge is -2.40. The highest BCUT2D eigenvalue weighted by Crippen LogP contribution is 2.31. The topological polar surface area (TPSA) is 41.6 Å². The molecular formula is C17H24Cl2N2O2. The van der Waals surface area contributed by atoms with Gasteiger partial charge in [-0.05, 0) is 32.4 Å². The van der Waals surface area contributed by atoms with Crippen molar-refractivity contribution >= 4 is 29.9 Å². The van der Waals surface area contributed by atoms with Crippen LogP contribution in [0.4, 0.5) is 0 Å². The zero-order valence-electron chi connectivity index (χ0n) is 13.3. The highest BCUT2D eigenvalue weighted by molar-refractivity contribution is 6.31. The molecule has 0 aliphatic carbocycles. The first-order valence-electron chi connectivity index (χ1n) is 8.04. The molecule has 2 saturated heterocycles. The van der Waals surface area contributed by atoms with Gasteiger partial charge in [-0.15, -0.1) is 12.4 Å². The Labute approximate surface area is 148 Å². The molecule has 1 aromatic carbocycles. The van der Waals surface area contributed by atoms with E-state index in [2.05, 4.69) is 12.2 Å². The molecule has 1 aromatic rings. The second-order valence-electron chi connectivity index (χ2n) is 6.23. The molecule has 0 bridgehead atoms. The summed E-state index contributed by atoms with van der Waals surface area (Å²) in [6, 6.07) is 7.84. The fraction of sp³-hybridized carbons (Fsp3) is 0.588. The Morgan fingerprint density at radius 3 is 2.87 bits per heavy atom. The fourth-order valence-corrected chi connectivity index (χ4v) is 3.54. The molecule has 2 fully saturated rings. The number of nitrogens with zero attached hydrogens (tertiary/aromatic N) is 1. The minimum absolute atomic E-state index is 0. The van der Waals surface area contributed by atoms with Crippen molar-refractivity contribution in [1.82, 2.24) is 10.2 Å². The van der Waals surface area contributed by atoms with Crippen LogP contribution in [0.5, 0.6) is 0 Å². The van der Waals surface area contributed by atoms with E-state index in [1.807, 2.05) is 29.2 Å². The number of amides is 1. The van der Waals surface area contributed by atoms with E-state index < -0.39 is 0 Å². The molecule has 128 valence electrons. The standard InChI is InChI=1S/C17H23ClN2O2.ClH/c1-12-11-22-16(14-6-2-3-7-15(14)18)10-20(12)17(21)13-5-4-8-19-9-13;/h2-3,6-7,12-13,16,19H,4-5,8-11H2,1H3;1H. The van der Waals surface area contributed by atoms with Crippen molar-refractivity contribution in [3.8, 4) is 0 Å². The van der Waals surface area contributed by atoms with E-state index >= 15 is 0 Å². The molecule has 1 N–H and O–H groups in total. The molecule has 2 aliphatic rings. The number of rotatable bonds is 2. The summed E-state index contributed by atoms with van der Waals surface area (Å²) in [6.45, 7) is 5.00. The fourth-order valence-electron chi connectivity index (χ4n) is 3.29. The first-order chi connectivity index (χ1) is 10.7. The number of benzene rings is 1. The van der Waals surface area contributed by atoms with E-state index in [-0.39, 0.29) is 36.4 Å². The number of nitrogens with one attached hydrogen (secondary N) is 1. The first-order valence-corrected chi connectivity index (χ1v) is 8.42. The smallest absolute Gasteiger partial charge is 0.227 e. The quantitative estimate of drug-likeness (QED) is 0.883. The number of ether oxygens (including phenoxy) is 1. The molecule has 0 saturated carbocycles. The van der Waals surface area contributed by atoms with Crippen molar-refractivity contribution in [2.75, 3.05) is 26.2 Å². The van der Waals surface area contributed by atoms with Gasteiger partial charge in [0.15, 0.2) is 0 Å². The molecule has 23 heavy (non-hydrogen) atoms. The number of carbonyl (C=O) groups excluding carboxylic acids is 1. The Morgan fingerprint density at radius 2 is 2.17 bits per heavy atom. The largest absolute Gasteiger partial charge is 0.369 e. The van der Waals surface area contributed by atoms with Gasteiger partial charge in [-0.1, -0.05) is 29.8 Å². The van der Waals surface area contributed by atoms with E-state index in [4.69, 9.17) is 16.3 Å². The monoisotopic (exact) mass is 358 g/mol. The molecule has 3 rings (SSSR count). The van der Waals surface area contributed by atoms with Crippen LogP contribution in [0, 0.1) is 5.92 Å². The Morgan fingerprint density at radius 1 is 1.39 bits per heavy atom. The van der Waals surface area contributed by atoms with Crippen molar-refractivity contribution in [1.29, 1.82) is 0 Å². The number of halogens is 2. The summed E-state index contributed by atoms with van der Waals surface area (Å²) in [6.07, 6.45) is 1.92. The summed E-state index contributed by atoms with van der Waals surface area (Å²) in [4.78, 5) is 14.8. The van der Waals surface area contributed by atoms with Crippen molar-refractivity contribution in [3.63, 3.8) is 0 Å². The van der Waals surface area contributed by atoms with Crippen LogP contribution in [0.25, 0.3) is 0 Å². The predicted molar refractivity (Wildman–Crippen MR) is 94.2 cm³/mol. The van der Waals surface area contributed by atoms with Crippen LogP contribution in [-0.2, 0) is 9.53 Å². The molecule has 0 spiro atoms. The highest BCUT2D eigenvalue weighted by Gasteiger charge is 2.34. The van der Waals surface area contributed by atoms with Crippen LogP contribution in [0.15, 0.2) is 24.3 Å². The molecule has 3 atom stereocenters. The Kier molecular flexibility index (Phi) is 6.72. The van der Waals surface area contributed by atoms with Crippen molar-refractivity contribution in [2.45, 2.75) is 31.9 Å². The van der Waals surface area contributed by atoms with Crippen LogP contribution in [0.1, 0.15) is 31.4 Å². The third-order valence-corrected chi connectivity index (χ3v) is 4.96. The minimum Gasteiger partial charge on any atom is -0.369 e. The van der Waals surface area contributed by atoms with Gasteiger partial charge < -0.3 is 15.0 Å². The molecule has 6 heteroatoms. The van der Waals surface area contributed by atoms with Crippen molar-refractivity contribution in [3.05, 3.63) is 34.9 Å². The van der Waals surface area contributed by atoms with Gasteiger partial charge in [-0.2, -0.15) is 0 Å². The summed E-state index contributed by atoms with van der Waals surface area (Å²) in [5.74, 6) is 0.348. The summed E-state index contributed by atoms with van der Waals surface area (Å²) in [7, 11) is 0. The van der Waals surface area contributed by atoms with Crippen LogP contribution in [0.2, 0.25) is 5.02 Å². The second kappa shape index (κ2) is 8.34. The van der Waals surface area contributed by atoms with Crippen molar-refractivity contribution < 1.29 is 9.53 Å². The van der Waals surface area contributed by atoms with Crippen molar-refractivity contribution in [2.24, 2.45) is 5.92 Å². The van der Waals surface area contributed by atoms with E-state index in [9.17, 15) is 4.79 Å². The van der Waals surface area contributed by atoms with Gasteiger partial charge in [-0.3, -0.25) is 4.79 Å². The van der Waals surface area contributed by atoms with Crippen LogP contribution >= 0.6 is 24.0 Å². The average Bonchev–Trinajstić information content (AvgIpc) is 2.56. The minimum atomic E-state index is -0.134. The summed E-state index contributed by atoms with van der Waals surface area (Å²) >= 11 is 6.28. The second-order valence-corrected chi connectivity index (χ2v) is 6.63. The summed E-state index contributed by atoms with van der Waals surface area (Å²) in [5.41, 5.74) is 0.968. The third kappa shape index (κ3) is 4.18. The van der Waals surface area contributed by atoms with Gasteiger partial charge in [0.25, 0.3) is 0 Å². The molecule has 1 amide bonds. The summed E-state index contributed by atoms with van der Waals surface area (Å²) < 4.78 is 5.93. The zero-order chi connectivity index (χ0) is 15.5. The SMILES string of the molecule is CC1COC(c2ccccc2Cl)CN1C(=O)C1CCCNC1.Cl. The number of morpholine rings is 1. The van der Waals surface area contributed by atoms with E-state index in [1.54, 1.807) is 0 Å². The van der Waals surface area contributed by atoms with E-state index in [1.165, 1.54) is 0 Å². The van der Waals surface area contributed by atoms with Gasteiger partial charge in [0, 0.05) is 17.1 Å². The molecule has 0 radical (unpaired) electrons. The maximum absolute atomic E-state index is 12.8.